The Labute approximate surface area is 156 Å². The van der Waals surface area contributed by atoms with E-state index in [9.17, 15) is 18.0 Å². The van der Waals surface area contributed by atoms with Crippen LogP contribution in [0.25, 0.3) is 0 Å². The second-order valence-corrected chi connectivity index (χ2v) is 9.64. The highest BCUT2D eigenvalue weighted by Gasteiger charge is 2.39. The Balaban J connectivity index is 1.73. The van der Waals surface area contributed by atoms with Gasteiger partial charge < -0.3 is 5.11 Å². The van der Waals surface area contributed by atoms with Crippen molar-refractivity contribution in [2.45, 2.75) is 30.0 Å². The molecule has 3 rings (SSSR count). The summed E-state index contributed by atoms with van der Waals surface area (Å²) in [5, 5.41) is 9.00. The minimum atomic E-state index is -3.76. The Morgan fingerprint density at radius 2 is 2.12 bits per heavy atom. The van der Waals surface area contributed by atoms with Gasteiger partial charge in [-0.15, -0.1) is 11.3 Å². The van der Waals surface area contributed by atoms with Gasteiger partial charge in [0.1, 0.15) is 15.6 Å². The molecular formula is C17H21N2O5S2+. The predicted octanol–water partition coefficient (Wildman–Crippen LogP) is 0.527. The number of nitrogens with one attached hydrogen (secondary N) is 1. The first-order valence-corrected chi connectivity index (χ1v) is 10.7. The Kier molecular flexibility index (Phi) is 5.42. The molecule has 1 aromatic heterocycles. The van der Waals surface area contributed by atoms with Crippen LogP contribution < -0.4 is 4.90 Å². The number of aromatic carboxylic acids is 1. The van der Waals surface area contributed by atoms with Crippen molar-refractivity contribution in [3.8, 4) is 0 Å². The largest absolute Gasteiger partial charge is 0.477 e. The maximum Gasteiger partial charge on any atom is 0.345 e. The zero-order chi connectivity index (χ0) is 18.9. The third-order valence-electron chi connectivity index (χ3n) is 4.65. The zero-order valence-electron chi connectivity index (χ0n) is 14.3. The van der Waals surface area contributed by atoms with Crippen LogP contribution in [0.15, 0.2) is 40.1 Å². The topological polar surface area (TPSA) is 96.2 Å². The number of hydrogen-bond acceptors (Lipinski definition) is 5. The molecule has 9 heteroatoms. The average molecular weight is 397 g/mol. The maximum atomic E-state index is 12.8. The summed E-state index contributed by atoms with van der Waals surface area (Å²) in [5.74, 6) is -1.10. The molecule has 1 aromatic rings. The van der Waals surface area contributed by atoms with Gasteiger partial charge in [0.05, 0.1) is 24.7 Å². The van der Waals surface area contributed by atoms with Gasteiger partial charge in [0.2, 0.25) is 0 Å². The number of nitrogens with zero attached hydrogens (tertiary/aromatic N) is 1. The van der Waals surface area contributed by atoms with Crippen molar-refractivity contribution in [3.63, 3.8) is 0 Å². The van der Waals surface area contributed by atoms with E-state index in [0.717, 1.165) is 34.7 Å². The van der Waals surface area contributed by atoms with Crippen molar-refractivity contribution >= 4 is 33.2 Å². The minimum absolute atomic E-state index is 0.00652. The van der Waals surface area contributed by atoms with E-state index in [1.165, 1.54) is 16.4 Å². The average Bonchev–Trinajstić information content (AvgIpc) is 3.13. The molecule has 0 radical (unpaired) electrons. The molecule has 0 bridgehead atoms. The van der Waals surface area contributed by atoms with E-state index >= 15 is 0 Å². The monoisotopic (exact) mass is 397 g/mol. The summed E-state index contributed by atoms with van der Waals surface area (Å²) in [6, 6.07) is 2.29. The molecule has 7 nitrogen and oxygen atoms in total. The Bertz CT molecular complexity index is 885. The molecule has 0 saturated carbocycles. The third-order valence-corrected chi connectivity index (χ3v) is 8.20. The van der Waals surface area contributed by atoms with Crippen molar-refractivity contribution in [1.82, 2.24) is 4.31 Å². The predicted molar refractivity (Wildman–Crippen MR) is 96.8 cm³/mol. The highest BCUT2D eigenvalue weighted by molar-refractivity contribution is 7.91. The summed E-state index contributed by atoms with van der Waals surface area (Å²) in [7, 11) is -3.76. The van der Waals surface area contributed by atoms with Gasteiger partial charge in [0.15, 0.2) is 0 Å². The number of piperazine rings is 1. The first-order valence-electron chi connectivity index (χ1n) is 8.41. The second-order valence-electron chi connectivity index (χ2n) is 6.43. The van der Waals surface area contributed by atoms with Gasteiger partial charge in [-0.2, -0.15) is 4.31 Å². The number of hydrogen-bond donors (Lipinski definition) is 2. The first kappa shape index (κ1) is 19.0. The van der Waals surface area contributed by atoms with Gasteiger partial charge >= 0.3 is 11.9 Å². The third kappa shape index (κ3) is 3.66. The lowest BCUT2D eigenvalue weighted by molar-refractivity contribution is -0.826. The van der Waals surface area contributed by atoms with Crippen molar-refractivity contribution in [3.05, 3.63) is 40.8 Å². The van der Waals surface area contributed by atoms with Gasteiger partial charge in [-0.05, 0) is 38.0 Å². The fourth-order valence-corrected chi connectivity index (χ4v) is 6.20. The number of sulfonamides is 1. The van der Waals surface area contributed by atoms with Gasteiger partial charge in [-0.25, -0.2) is 18.0 Å². The summed E-state index contributed by atoms with van der Waals surface area (Å²) in [6.45, 7) is 2.82. The number of carboxylic acids is 1. The lowest BCUT2D eigenvalue weighted by Gasteiger charge is -2.35. The molecule has 1 aliphatic heterocycles. The summed E-state index contributed by atoms with van der Waals surface area (Å²) in [4.78, 5) is 24.4. The molecular weight excluding hydrogens is 376 g/mol. The molecule has 0 aromatic carbocycles. The summed E-state index contributed by atoms with van der Waals surface area (Å²) >= 11 is 0.754. The van der Waals surface area contributed by atoms with Crippen LogP contribution in [0.1, 0.15) is 29.4 Å². The van der Waals surface area contributed by atoms with Crippen molar-refractivity contribution in [2.75, 3.05) is 19.6 Å². The lowest BCUT2D eigenvalue weighted by Crippen LogP contribution is -3.18. The minimum Gasteiger partial charge on any atom is -0.477 e. The molecule has 1 fully saturated rings. The van der Waals surface area contributed by atoms with E-state index in [2.05, 4.69) is 0 Å². The molecule has 0 spiro atoms. The van der Waals surface area contributed by atoms with Gasteiger partial charge in [-0.3, -0.25) is 4.90 Å². The molecule has 2 N–H and O–H groups in total. The van der Waals surface area contributed by atoms with Crippen LogP contribution in [-0.4, -0.2) is 55.4 Å². The number of carbonyl (C=O) groups excluding carboxylic acids is 1. The lowest BCUT2D eigenvalue weighted by atomic mass is 10.0. The van der Waals surface area contributed by atoms with E-state index < -0.39 is 16.0 Å². The smallest absolute Gasteiger partial charge is 0.345 e. The molecule has 2 heterocycles. The number of quaternary nitrogens is 1. The van der Waals surface area contributed by atoms with Crippen LogP contribution in [0, 0.1) is 0 Å². The van der Waals surface area contributed by atoms with Crippen LogP contribution in [0.2, 0.25) is 0 Å². The Hall–Kier alpha value is -1.81. The fraction of sp³-hybridized carbons (Fsp3) is 0.412. The number of allylic oxidation sites excluding steroid dienone is 3. The molecule has 26 heavy (non-hydrogen) atoms. The highest BCUT2D eigenvalue weighted by Crippen LogP contribution is 2.26. The highest BCUT2D eigenvalue weighted by atomic mass is 32.2. The van der Waals surface area contributed by atoms with E-state index in [1.807, 2.05) is 18.2 Å². The van der Waals surface area contributed by atoms with E-state index in [4.69, 9.17) is 5.11 Å². The standard InChI is InChI=1S/C17H20N2O5S2/c1-12-11-18(16(20)13-5-3-2-4-6-13)9-10-19(12)26(23,24)15-8-7-14(25-15)17(21)22/h2-3,5,7-8,12H,4,6,9-11H2,1H3,(H,21,22)/p+1. The van der Waals surface area contributed by atoms with Crippen LogP contribution in [0.4, 0.5) is 0 Å². The van der Waals surface area contributed by atoms with Crippen LogP contribution in [0.5, 0.6) is 0 Å². The molecule has 1 amide bonds. The quantitative estimate of drug-likeness (QED) is 0.773. The molecule has 2 unspecified atom stereocenters. The van der Waals surface area contributed by atoms with Crippen LogP contribution >= 0.6 is 11.3 Å². The second kappa shape index (κ2) is 7.43. The van der Waals surface area contributed by atoms with Gasteiger partial charge in [-0.1, -0.05) is 12.2 Å². The Morgan fingerprint density at radius 3 is 2.69 bits per heavy atom. The number of rotatable bonds is 4. The Morgan fingerprint density at radius 1 is 1.35 bits per heavy atom. The van der Waals surface area contributed by atoms with E-state index in [0.29, 0.717) is 13.1 Å². The molecule has 2 aliphatic rings. The molecule has 1 saturated heterocycles. The number of carboxylic acid groups (broad SMARTS) is 1. The van der Waals surface area contributed by atoms with Gasteiger partial charge in [0.25, 0.3) is 10.0 Å². The van der Waals surface area contributed by atoms with E-state index in [1.54, 1.807) is 6.92 Å². The van der Waals surface area contributed by atoms with Crippen molar-refractivity contribution in [2.24, 2.45) is 0 Å². The fourth-order valence-electron chi connectivity index (χ4n) is 3.30. The van der Waals surface area contributed by atoms with Crippen molar-refractivity contribution < 1.29 is 28.0 Å². The van der Waals surface area contributed by atoms with Gasteiger partial charge in [0, 0.05) is 0 Å². The summed E-state index contributed by atoms with van der Waals surface area (Å²) in [5.41, 5.74) is 0.787. The summed E-state index contributed by atoms with van der Waals surface area (Å²) in [6.07, 6.45) is 7.32. The van der Waals surface area contributed by atoms with Crippen LogP contribution in [-0.2, 0) is 14.8 Å². The van der Waals surface area contributed by atoms with Crippen LogP contribution in [0.3, 0.4) is 0 Å². The number of carbonyl (C=O) groups is 2. The molecule has 2 atom stereocenters. The molecule has 1 aliphatic carbocycles. The summed E-state index contributed by atoms with van der Waals surface area (Å²) < 4.78 is 27.1. The zero-order valence-corrected chi connectivity index (χ0v) is 16.0. The van der Waals surface area contributed by atoms with Crippen molar-refractivity contribution in [1.29, 1.82) is 0 Å². The van der Waals surface area contributed by atoms with E-state index in [-0.39, 0.29) is 27.6 Å². The number of amides is 1. The first-order chi connectivity index (χ1) is 12.3. The maximum absolute atomic E-state index is 12.8. The number of thiophene rings is 1. The normalized spacial score (nSPS) is 24.3. The SMILES string of the molecule is CC1C[NH+](C(=O)C2=CC=CCC2)CCN1S(=O)(=O)c1ccc(C(=O)O)s1. The molecule has 140 valence electrons.